The van der Waals surface area contributed by atoms with Gasteiger partial charge in [-0.1, -0.05) is 42.5 Å². The molecule has 3 aromatic rings. The molecule has 0 radical (unpaired) electrons. The standard InChI is InChI=1S/C24H22N2O4S/c27-24(22-7-3-4-8-23(22)31(28,29)26-11-13-30-14-12-26)25-19-9-10-21-18(16-19)15-17-5-1-2-6-20(17)21/h1-10,16H,11-15H2,(H,25,27). The van der Waals surface area contributed by atoms with Crippen LogP contribution in [0.25, 0.3) is 11.1 Å². The van der Waals surface area contributed by atoms with E-state index in [2.05, 4.69) is 17.4 Å². The maximum absolute atomic E-state index is 13.1. The molecule has 0 bridgehead atoms. The zero-order valence-electron chi connectivity index (χ0n) is 16.9. The third-order valence-electron chi connectivity index (χ3n) is 5.77. The summed E-state index contributed by atoms with van der Waals surface area (Å²) in [6.45, 7) is 1.27. The van der Waals surface area contributed by atoms with Crippen LogP contribution in [0.5, 0.6) is 0 Å². The van der Waals surface area contributed by atoms with Gasteiger partial charge >= 0.3 is 0 Å². The van der Waals surface area contributed by atoms with Crippen molar-refractivity contribution in [3.63, 3.8) is 0 Å². The van der Waals surface area contributed by atoms with Crippen LogP contribution in [0.1, 0.15) is 21.5 Å². The summed E-state index contributed by atoms with van der Waals surface area (Å²) in [4.78, 5) is 13.1. The number of hydrogen-bond acceptors (Lipinski definition) is 4. The van der Waals surface area contributed by atoms with Crippen molar-refractivity contribution in [3.05, 3.63) is 83.4 Å². The van der Waals surface area contributed by atoms with Crippen LogP contribution in [0.4, 0.5) is 5.69 Å². The Morgan fingerprint density at radius 3 is 2.42 bits per heavy atom. The lowest BCUT2D eigenvalue weighted by molar-refractivity contribution is 0.0730. The summed E-state index contributed by atoms with van der Waals surface area (Å²) in [5.41, 5.74) is 5.59. The molecule has 1 amide bonds. The molecule has 31 heavy (non-hydrogen) atoms. The number of morpholine rings is 1. The summed E-state index contributed by atoms with van der Waals surface area (Å²) >= 11 is 0. The molecule has 1 saturated heterocycles. The number of sulfonamides is 1. The van der Waals surface area contributed by atoms with Crippen LogP contribution in [0.15, 0.2) is 71.6 Å². The number of carbonyl (C=O) groups is 1. The predicted molar refractivity (Wildman–Crippen MR) is 119 cm³/mol. The number of fused-ring (bicyclic) bond motifs is 3. The van der Waals surface area contributed by atoms with Gasteiger partial charge in [0.15, 0.2) is 0 Å². The molecular formula is C24H22N2O4S. The van der Waals surface area contributed by atoms with Crippen LogP contribution in [0.3, 0.4) is 0 Å². The highest BCUT2D eigenvalue weighted by Crippen LogP contribution is 2.37. The van der Waals surface area contributed by atoms with Crippen molar-refractivity contribution in [1.29, 1.82) is 0 Å². The molecule has 6 nitrogen and oxygen atoms in total. The van der Waals surface area contributed by atoms with Crippen LogP contribution in [0, 0.1) is 0 Å². The van der Waals surface area contributed by atoms with Crippen LogP contribution in [-0.4, -0.2) is 44.9 Å². The first kappa shape index (κ1) is 19.9. The average Bonchev–Trinajstić information content (AvgIpc) is 3.17. The number of rotatable bonds is 4. The van der Waals surface area contributed by atoms with Gasteiger partial charge in [0.1, 0.15) is 0 Å². The lowest BCUT2D eigenvalue weighted by atomic mass is 10.1. The van der Waals surface area contributed by atoms with E-state index in [0.29, 0.717) is 18.9 Å². The smallest absolute Gasteiger partial charge is 0.257 e. The summed E-state index contributed by atoms with van der Waals surface area (Å²) in [5.74, 6) is -0.442. The van der Waals surface area contributed by atoms with Gasteiger partial charge in [-0.25, -0.2) is 8.42 Å². The van der Waals surface area contributed by atoms with E-state index in [1.165, 1.54) is 27.1 Å². The minimum Gasteiger partial charge on any atom is -0.379 e. The van der Waals surface area contributed by atoms with Gasteiger partial charge in [0.05, 0.1) is 23.7 Å². The molecule has 1 N–H and O–H groups in total. The van der Waals surface area contributed by atoms with E-state index < -0.39 is 15.9 Å². The zero-order chi connectivity index (χ0) is 21.4. The van der Waals surface area contributed by atoms with Crippen molar-refractivity contribution in [2.45, 2.75) is 11.3 Å². The Bertz CT molecular complexity index is 1260. The van der Waals surface area contributed by atoms with Gasteiger partial charge < -0.3 is 10.1 Å². The van der Waals surface area contributed by atoms with Crippen molar-refractivity contribution in [2.75, 3.05) is 31.6 Å². The maximum Gasteiger partial charge on any atom is 0.257 e. The van der Waals surface area contributed by atoms with Gasteiger partial charge in [-0.2, -0.15) is 4.31 Å². The fourth-order valence-corrected chi connectivity index (χ4v) is 5.82. The van der Waals surface area contributed by atoms with E-state index in [-0.39, 0.29) is 23.5 Å². The number of ether oxygens (including phenoxy) is 1. The topological polar surface area (TPSA) is 75.7 Å². The molecular weight excluding hydrogens is 412 g/mol. The number of nitrogens with one attached hydrogen (secondary N) is 1. The highest BCUT2D eigenvalue weighted by molar-refractivity contribution is 7.89. The van der Waals surface area contributed by atoms with Crippen molar-refractivity contribution in [2.24, 2.45) is 0 Å². The molecule has 0 aromatic heterocycles. The quantitative estimate of drug-likeness (QED) is 0.533. The Kier molecular flexibility index (Phi) is 5.09. The molecule has 0 spiro atoms. The molecule has 2 aliphatic rings. The molecule has 3 aromatic carbocycles. The van der Waals surface area contributed by atoms with Gasteiger partial charge in [-0.15, -0.1) is 0 Å². The van der Waals surface area contributed by atoms with E-state index >= 15 is 0 Å². The first-order valence-electron chi connectivity index (χ1n) is 10.2. The van der Waals surface area contributed by atoms with E-state index in [1.54, 1.807) is 18.2 Å². The van der Waals surface area contributed by atoms with Gasteiger partial charge in [-0.05, 0) is 52.9 Å². The third-order valence-corrected chi connectivity index (χ3v) is 7.73. The Balaban J connectivity index is 1.42. The predicted octanol–water partition coefficient (Wildman–Crippen LogP) is 3.53. The number of benzene rings is 3. The van der Waals surface area contributed by atoms with Crippen LogP contribution >= 0.6 is 0 Å². The Morgan fingerprint density at radius 2 is 1.58 bits per heavy atom. The molecule has 1 fully saturated rings. The van der Waals surface area contributed by atoms with Crippen LogP contribution in [0.2, 0.25) is 0 Å². The molecule has 1 aliphatic carbocycles. The van der Waals surface area contributed by atoms with Gasteiger partial charge in [0.25, 0.3) is 5.91 Å². The summed E-state index contributed by atoms with van der Waals surface area (Å²) in [7, 11) is -3.78. The van der Waals surface area contributed by atoms with Crippen molar-refractivity contribution in [3.8, 4) is 11.1 Å². The van der Waals surface area contributed by atoms with Crippen LogP contribution in [-0.2, 0) is 21.2 Å². The highest BCUT2D eigenvalue weighted by atomic mass is 32.2. The first-order valence-corrected chi connectivity index (χ1v) is 11.7. The van der Waals surface area contributed by atoms with Crippen LogP contribution < -0.4 is 5.32 Å². The minimum atomic E-state index is -3.78. The molecule has 0 unspecified atom stereocenters. The molecule has 5 rings (SSSR count). The highest BCUT2D eigenvalue weighted by Gasteiger charge is 2.30. The second kappa shape index (κ2) is 7.92. The van der Waals surface area contributed by atoms with Crippen molar-refractivity contribution >= 4 is 21.6 Å². The Morgan fingerprint density at radius 1 is 0.871 bits per heavy atom. The lowest BCUT2D eigenvalue weighted by Gasteiger charge is -2.26. The average molecular weight is 435 g/mol. The third kappa shape index (κ3) is 3.65. The van der Waals surface area contributed by atoms with E-state index in [9.17, 15) is 13.2 Å². The Labute approximate surface area is 181 Å². The summed E-state index contributed by atoms with van der Waals surface area (Å²) in [6.07, 6.45) is 0.817. The molecule has 7 heteroatoms. The summed E-state index contributed by atoms with van der Waals surface area (Å²) in [5, 5.41) is 2.88. The van der Waals surface area contributed by atoms with E-state index in [1.807, 2.05) is 30.3 Å². The summed E-state index contributed by atoms with van der Waals surface area (Å²) in [6, 6.07) is 20.4. The minimum absolute atomic E-state index is 0.0166. The zero-order valence-corrected chi connectivity index (χ0v) is 17.7. The Hall–Kier alpha value is -3.00. The van der Waals surface area contributed by atoms with E-state index in [0.717, 1.165) is 12.0 Å². The number of carbonyl (C=O) groups excluding carboxylic acids is 1. The fraction of sp³-hybridized carbons (Fsp3) is 0.208. The van der Waals surface area contributed by atoms with Gasteiger partial charge in [0, 0.05) is 18.8 Å². The molecule has 1 aliphatic heterocycles. The number of anilines is 1. The van der Waals surface area contributed by atoms with Gasteiger partial charge in [-0.3, -0.25) is 4.79 Å². The van der Waals surface area contributed by atoms with E-state index in [4.69, 9.17) is 4.74 Å². The fourth-order valence-electron chi connectivity index (χ4n) is 4.23. The first-order chi connectivity index (χ1) is 15.0. The second-order valence-corrected chi connectivity index (χ2v) is 9.58. The van der Waals surface area contributed by atoms with Gasteiger partial charge in [0.2, 0.25) is 10.0 Å². The SMILES string of the molecule is O=C(Nc1ccc2c(c1)Cc1ccccc1-2)c1ccccc1S(=O)(=O)N1CCOCC1. The number of hydrogen-bond donors (Lipinski definition) is 1. The molecule has 0 saturated carbocycles. The number of amides is 1. The number of nitrogens with zero attached hydrogens (tertiary/aromatic N) is 1. The monoisotopic (exact) mass is 434 g/mol. The van der Waals surface area contributed by atoms with Crippen molar-refractivity contribution < 1.29 is 17.9 Å². The molecule has 0 atom stereocenters. The second-order valence-electron chi connectivity index (χ2n) is 7.67. The summed E-state index contributed by atoms with van der Waals surface area (Å²) < 4.78 is 32.9. The lowest BCUT2D eigenvalue weighted by Crippen LogP contribution is -2.41. The van der Waals surface area contributed by atoms with Crippen molar-refractivity contribution in [1.82, 2.24) is 4.31 Å². The normalized spacial score (nSPS) is 15.9. The maximum atomic E-state index is 13.1. The molecule has 158 valence electrons. The molecule has 1 heterocycles. The largest absolute Gasteiger partial charge is 0.379 e.